The van der Waals surface area contributed by atoms with E-state index in [0.29, 0.717) is 23.7 Å². The lowest BCUT2D eigenvalue weighted by Crippen LogP contribution is -2.08. The van der Waals surface area contributed by atoms with E-state index in [4.69, 9.17) is 11.6 Å². The van der Waals surface area contributed by atoms with E-state index in [2.05, 4.69) is 241 Å². The normalized spacial score (nSPS) is 11.2. The minimum atomic E-state index is -0.200. The smallest absolute Gasteiger partial charge is 0.123 e. The van der Waals surface area contributed by atoms with Gasteiger partial charge in [-0.25, -0.2) is 13.2 Å². The molecule has 0 spiro atoms. The first kappa shape index (κ1) is 71.0. The number of halogens is 4. The molecule has 96 heavy (non-hydrogen) atoms. The Morgan fingerprint density at radius 3 is 0.594 bits per heavy atom. The Balaban J connectivity index is 0.000000153. The topological polar surface area (TPSA) is 0 Å². The van der Waals surface area contributed by atoms with Crippen LogP contribution in [-0.4, -0.2) is 0 Å². The number of aryl methyl sites for hydroxylation is 4. The van der Waals surface area contributed by atoms with E-state index < -0.39 is 0 Å². The van der Waals surface area contributed by atoms with Crippen molar-refractivity contribution in [3.05, 3.63) is 425 Å². The quantitative estimate of drug-likeness (QED) is 0.0846. The molecule has 0 aromatic heterocycles. The lowest BCUT2D eigenvalue weighted by atomic mass is 9.79. The molecule has 488 valence electrons. The van der Waals surface area contributed by atoms with E-state index >= 15 is 0 Å². The van der Waals surface area contributed by atoms with Gasteiger partial charge < -0.3 is 0 Å². The summed E-state index contributed by atoms with van der Waals surface area (Å²) < 4.78 is 40.4. The SMILES string of the molecule is CC(C)c1cc(C(C)C)cc(C(c2ccc(F)cc2)c2cc(C(C)C)cc(C(C)C)c2)c1.Cc1cc(C)cc(C(c2ccc(F)cc2)c2cc(C)cc(C)c2)c1.Clc1ccc(C(c2ccccc2)c2ccccc2)cc1.Fc1ccc(C(c2ccccc2)c2ccccc2)cc1. The Labute approximate surface area is 576 Å². The van der Waals surface area contributed by atoms with Crippen LogP contribution in [0.15, 0.2) is 291 Å². The second-order valence-corrected chi connectivity index (χ2v) is 27.3. The van der Waals surface area contributed by atoms with Crippen LogP contribution in [0, 0.1) is 45.1 Å². The molecule has 12 aromatic rings. The van der Waals surface area contributed by atoms with Gasteiger partial charge in [-0.3, -0.25) is 0 Å². The van der Waals surface area contributed by atoms with E-state index in [1.807, 2.05) is 97.1 Å². The zero-order valence-electron chi connectivity index (χ0n) is 57.8. The van der Waals surface area contributed by atoms with Crippen molar-refractivity contribution < 1.29 is 13.2 Å². The van der Waals surface area contributed by atoms with Gasteiger partial charge in [0.15, 0.2) is 0 Å². The summed E-state index contributed by atoms with van der Waals surface area (Å²) in [5.41, 5.74) is 25.2. The molecule has 0 nitrogen and oxygen atoms in total. The average molecular weight is 1290 g/mol. The molecule has 0 saturated carbocycles. The molecule has 0 aliphatic carbocycles. The maximum Gasteiger partial charge on any atom is 0.123 e. The molecule has 0 amide bonds. The summed E-state index contributed by atoms with van der Waals surface area (Å²) in [5, 5.41) is 0.772. The molecule has 0 radical (unpaired) electrons. The second kappa shape index (κ2) is 33.9. The number of benzene rings is 12. The maximum atomic E-state index is 13.8. The maximum absolute atomic E-state index is 13.8. The minimum absolute atomic E-state index is 0.0722. The average Bonchev–Trinajstić information content (AvgIpc) is 0.840. The molecule has 4 heteroatoms. The van der Waals surface area contributed by atoms with Crippen molar-refractivity contribution >= 4 is 11.6 Å². The van der Waals surface area contributed by atoms with Gasteiger partial charge in [0.25, 0.3) is 0 Å². The number of hydrogen-bond acceptors (Lipinski definition) is 0. The molecule has 0 bridgehead atoms. The summed E-state index contributed by atoms with van der Waals surface area (Å²) in [5.74, 6) is 1.80. The Kier molecular flexibility index (Phi) is 25.1. The zero-order chi connectivity index (χ0) is 68.4. The molecule has 0 aliphatic rings. The molecule has 0 N–H and O–H groups in total. The van der Waals surface area contributed by atoms with Gasteiger partial charge >= 0.3 is 0 Å². The van der Waals surface area contributed by atoms with Gasteiger partial charge in [0.1, 0.15) is 17.5 Å². The van der Waals surface area contributed by atoms with Crippen molar-refractivity contribution in [2.24, 2.45) is 0 Å². The first-order chi connectivity index (χ1) is 46.2. The van der Waals surface area contributed by atoms with Crippen LogP contribution in [0.5, 0.6) is 0 Å². The van der Waals surface area contributed by atoms with E-state index in [1.54, 1.807) is 24.3 Å². The van der Waals surface area contributed by atoms with Gasteiger partial charge in [-0.15, -0.1) is 0 Å². The van der Waals surface area contributed by atoms with Crippen LogP contribution in [-0.2, 0) is 0 Å². The lowest BCUT2D eigenvalue weighted by molar-refractivity contribution is 0.626. The highest BCUT2D eigenvalue weighted by atomic mass is 35.5. The van der Waals surface area contributed by atoms with Crippen LogP contribution < -0.4 is 0 Å². The minimum Gasteiger partial charge on any atom is -0.207 e. The van der Waals surface area contributed by atoms with Crippen molar-refractivity contribution in [3.8, 4) is 0 Å². The summed E-state index contributed by atoms with van der Waals surface area (Å²) in [4.78, 5) is 0. The summed E-state index contributed by atoms with van der Waals surface area (Å²) in [7, 11) is 0. The fourth-order valence-corrected chi connectivity index (χ4v) is 13.1. The van der Waals surface area contributed by atoms with Crippen LogP contribution in [0.4, 0.5) is 13.2 Å². The second-order valence-electron chi connectivity index (χ2n) is 26.9. The Morgan fingerprint density at radius 1 is 0.198 bits per heavy atom. The first-order valence-electron chi connectivity index (χ1n) is 33.8. The fraction of sp³-hybridized carbons (Fsp3) is 0.217. The Morgan fingerprint density at radius 2 is 0.375 bits per heavy atom. The Hall–Kier alpha value is -9.28. The highest BCUT2D eigenvalue weighted by Gasteiger charge is 2.24. The monoisotopic (exact) mass is 1290 g/mol. The van der Waals surface area contributed by atoms with Gasteiger partial charge in [0, 0.05) is 28.7 Å². The van der Waals surface area contributed by atoms with Crippen molar-refractivity contribution in [2.75, 3.05) is 0 Å². The zero-order valence-corrected chi connectivity index (χ0v) is 58.6. The lowest BCUT2D eigenvalue weighted by Gasteiger charge is -2.25. The van der Waals surface area contributed by atoms with Crippen molar-refractivity contribution in [3.63, 3.8) is 0 Å². The van der Waals surface area contributed by atoms with Gasteiger partial charge in [0.05, 0.1) is 0 Å². The summed E-state index contributed by atoms with van der Waals surface area (Å²) in [6, 6.07) is 98.1. The largest absolute Gasteiger partial charge is 0.207 e. The van der Waals surface area contributed by atoms with Crippen LogP contribution in [0.25, 0.3) is 0 Å². The van der Waals surface area contributed by atoms with Crippen molar-refractivity contribution in [2.45, 2.75) is 130 Å². The van der Waals surface area contributed by atoms with E-state index in [-0.39, 0.29) is 41.1 Å². The highest BCUT2D eigenvalue weighted by Crippen LogP contribution is 2.40. The standard InChI is InChI=1S/C31H39F.C23H23F.C19H15Cl.C19H15F/c1-19(2)24-13-25(20(3)4)16-28(15-24)31(23-9-11-30(32)12-10-23)29-17-26(21(5)6)14-27(18-29)22(7)8;1-15-9-16(2)12-20(11-15)23(19-5-7-22(24)8-6-19)21-13-17(3)10-18(4)14-21;2*20-18-13-11-17(12-14-18)19(15-7-3-1-4-8-15)16-9-5-2-6-10-16/h9-22,31H,1-8H3;5-14,23H,1-4H3;2*1-14,19H. The predicted molar refractivity (Wildman–Crippen MR) is 401 cm³/mol. The van der Waals surface area contributed by atoms with Crippen molar-refractivity contribution in [1.29, 1.82) is 0 Å². The van der Waals surface area contributed by atoms with Crippen LogP contribution in [0.1, 0.15) is 214 Å². The van der Waals surface area contributed by atoms with Crippen LogP contribution in [0.3, 0.4) is 0 Å². The summed E-state index contributed by atoms with van der Waals surface area (Å²) in [6.07, 6.45) is 0. The third-order valence-corrected chi connectivity index (χ3v) is 18.1. The third kappa shape index (κ3) is 19.5. The highest BCUT2D eigenvalue weighted by molar-refractivity contribution is 6.30. The molecule has 12 aromatic carbocycles. The van der Waals surface area contributed by atoms with Crippen molar-refractivity contribution in [1.82, 2.24) is 0 Å². The van der Waals surface area contributed by atoms with Gasteiger partial charge in [-0.2, -0.15) is 0 Å². The van der Waals surface area contributed by atoms with E-state index in [9.17, 15) is 13.2 Å². The molecule has 12 rings (SSSR count). The molecule has 0 fully saturated rings. The van der Waals surface area contributed by atoms with Gasteiger partial charge in [0.2, 0.25) is 0 Å². The Bertz CT molecular complexity index is 3940. The molecular formula is C92H92ClF3. The van der Waals surface area contributed by atoms with Crippen LogP contribution in [0.2, 0.25) is 5.02 Å². The molecular weight excluding hydrogens is 1200 g/mol. The molecule has 0 aliphatic heterocycles. The molecule has 0 unspecified atom stereocenters. The molecule has 0 saturated heterocycles. The van der Waals surface area contributed by atoms with Crippen LogP contribution >= 0.6 is 11.6 Å². The third-order valence-electron chi connectivity index (χ3n) is 17.8. The van der Waals surface area contributed by atoms with E-state index in [1.165, 1.54) is 107 Å². The summed E-state index contributed by atoms with van der Waals surface area (Å²) >= 11 is 6.01. The molecule has 0 heterocycles. The molecule has 0 atom stereocenters. The van der Waals surface area contributed by atoms with Gasteiger partial charge in [-0.05, 0) is 189 Å². The summed E-state index contributed by atoms with van der Waals surface area (Å²) in [6.45, 7) is 26.5. The fourth-order valence-electron chi connectivity index (χ4n) is 12.9. The predicted octanol–water partition coefficient (Wildman–Crippen LogP) is 26.3. The number of rotatable bonds is 16. The van der Waals surface area contributed by atoms with Gasteiger partial charge in [-0.1, -0.05) is 332 Å². The first-order valence-corrected chi connectivity index (χ1v) is 34.2. The van der Waals surface area contributed by atoms with E-state index in [0.717, 1.165) is 21.7 Å². The number of hydrogen-bond donors (Lipinski definition) is 0.